The standard InChI is InChI=1S/C10H13Cl/c1-2-9-3-5-10(6-4-9)7-8-11/h3-6H,2,7-8H2,1H3. The molecule has 0 aliphatic rings. The second-order valence-corrected chi connectivity index (χ2v) is 2.99. The van der Waals surface area contributed by atoms with E-state index in [0.717, 1.165) is 12.8 Å². The van der Waals surface area contributed by atoms with Crippen LogP contribution in [0.5, 0.6) is 0 Å². The normalized spacial score (nSPS) is 10.0. The van der Waals surface area contributed by atoms with Gasteiger partial charge in [-0.15, -0.1) is 11.6 Å². The highest BCUT2D eigenvalue weighted by molar-refractivity contribution is 6.17. The van der Waals surface area contributed by atoms with Gasteiger partial charge in [0, 0.05) is 5.88 Å². The van der Waals surface area contributed by atoms with Gasteiger partial charge >= 0.3 is 0 Å². The molecular weight excluding hydrogens is 156 g/mol. The number of hydrogen-bond donors (Lipinski definition) is 0. The Labute approximate surface area is 73.2 Å². The van der Waals surface area contributed by atoms with Crippen molar-refractivity contribution in [2.75, 3.05) is 5.88 Å². The highest BCUT2D eigenvalue weighted by atomic mass is 35.5. The van der Waals surface area contributed by atoms with Crippen LogP contribution in [0.3, 0.4) is 0 Å². The lowest BCUT2D eigenvalue weighted by atomic mass is 10.1. The van der Waals surface area contributed by atoms with Crippen LogP contribution in [0.2, 0.25) is 0 Å². The fraction of sp³-hybridized carbons (Fsp3) is 0.400. The van der Waals surface area contributed by atoms with Crippen LogP contribution < -0.4 is 0 Å². The largest absolute Gasteiger partial charge is 0.126 e. The Morgan fingerprint density at radius 2 is 1.64 bits per heavy atom. The zero-order valence-corrected chi connectivity index (χ0v) is 7.56. The van der Waals surface area contributed by atoms with Crippen molar-refractivity contribution in [2.24, 2.45) is 0 Å². The van der Waals surface area contributed by atoms with E-state index in [-0.39, 0.29) is 0 Å². The van der Waals surface area contributed by atoms with Crippen molar-refractivity contribution >= 4 is 11.6 Å². The molecule has 0 heterocycles. The van der Waals surface area contributed by atoms with E-state index < -0.39 is 0 Å². The van der Waals surface area contributed by atoms with E-state index in [2.05, 4.69) is 31.2 Å². The number of hydrogen-bond acceptors (Lipinski definition) is 0. The smallest absolute Gasteiger partial charge is 0.0263 e. The summed E-state index contributed by atoms with van der Waals surface area (Å²) in [4.78, 5) is 0. The molecule has 1 aromatic rings. The molecule has 0 N–H and O–H groups in total. The van der Waals surface area contributed by atoms with Gasteiger partial charge in [-0.05, 0) is 24.0 Å². The first-order chi connectivity index (χ1) is 5.36. The highest BCUT2D eigenvalue weighted by Crippen LogP contribution is 2.05. The Balaban J connectivity index is 2.66. The molecule has 0 aliphatic heterocycles. The molecule has 1 aromatic carbocycles. The molecule has 1 heteroatoms. The van der Waals surface area contributed by atoms with Crippen LogP contribution in [0.1, 0.15) is 18.1 Å². The predicted molar refractivity (Wildman–Crippen MR) is 50.2 cm³/mol. The van der Waals surface area contributed by atoms with Crippen LogP contribution >= 0.6 is 11.6 Å². The van der Waals surface area contributed by atoms with Crippen LogP contribution in [0, 0.1) is 0 Å². The number of benzene rings is 1. The topological polar surface area (TPSA) is 0 Å². The molecule has 0 amide bonds. The first-order valence-corrected chi connectivity index (χ1v) is 4.54. The first kappa shape index (κ1) is 8.61. The second kappa shape index (κ2) is 4.40. The highest BCUT2D eigenvalue weighted by Gasteiger charge is 1.91. The van der Waals surface area contributed by atoms with Gasteiger partial charge in [-0.3, -0.25) is 0 Å². The van der Waals surface area contributed by atoms with Crippen molar-refractivity contribution in [3.63, 3.8) is 0 Å². The lowest BCUT2D eigenvalue weighted by Gasteiger charge is -1.98. The molecule has 0 saturated heterocycles. The van der Waals surface area contributed by atoms with E-state index in [0.29, 0.717) is 5.88 Å². The van der Waals surface area contributed by atoms with Crippen molar-refractivity contribution in [3.05, 3.63) is 35.4 Å². The zero-order valence-electron chi connectivity index (χ0n) is 6.81. The molecule has 11 heavy (non-hydrogen) atoms. The molecule has 0 bridgehead atoms. The molecule has 0 spiro atoms. The predicted octanol–water partition coefficient (Wildman–Crippen LogP) is 3.03. The number of alkyl halides is 1. The summed E-state index contributed by atoms with van der Waals surface area (Å²) < 4.78 is 0. The summed E-state index contributed by atoms with van der Waals surface area (Å²) in [5.41, 5.74) is 2.72. The van der Waals surface area contributed by atoms with E-state index in [4.69, 9.17) is 11.6 Å². The minimum Gasteiger partial charge on any atom is -0.126 e. The Bertz CT molecular complexity index is 201. The maximum atomic E-state index is 5.61. The summed E-state index contributed by atoms with van der Waals surface area (Å²) in [7, 11) is 0. The van der Waals surface area contributed by atoms with E-state index in [1.165, 1.54) is 11.1 Å². The Hall–Kier alpha value is -0.490. The van der Waals surface area contributed by atoms with E-state index in [1.807, 2.05) is 0 Å². The third kappa shape index (κ3) is 2.55. The molecular formula is C10H13Cl. The average Bonchev–Trinajstić information content (AvgIpc) is 2.07. The van der Waals surface area contributed by atoms with Crippen LogP contribution in [-0.4, -0.2) is 5.88 Å². The lowest BCUT2D eigenvalue weighted by Crippen LogP contribution is -1.86. The summed E-state index contributed by atoms with van der Waals surface area (Å²) in [6, 6.07) is 8.65. The molecule has 1 rings (SSSR count). The molecule has 60 valence electrons. The van der Waals surface area contributed by atoms with Crippen LogP contribution in [0.4, 0.5) is 0 Å². The molecule has 0 nitrogen and oxygen atoms in total. The Kier molecular flexibility index (Phi) is 3.44. The maximum absolute atomic E-state index is 5.61. The van der Waals surface area contributed by atoms with Gasteiger partial charge in [0.25, 0.3) is 0 Å². The lowest BCUT2D eigenvalue weighted by molar-refractivity contribution is 1.10. The van der Waals surface area contributed by atoms with Gasteiger partial charge in [0.2, 0.25) is 0 Å². The van der Waals surface area contributed by atoms with Gasteiger partial charge in [0.15, 0.2) is 0 Å². The van der Waals surface area contributed by atoms with Crippen molar-refractivity contribution in [1.82, 2.24) is 0 Å². The van der Waals surface area contributed by atoms with Gasteiger partial charge in [-0.25, -0.2) is 0 Å². The van der Waals surface area contributed by atoms with E-state index >= 15 is 0 Å². The molecule has 0 atom stereocenters. The average molecular weight is 169 g/mol. The van der Waals surface area contributed by atoms with Gasteiger partial charge in [-0.1, -0.05) is 31.2 Å². The molecule has 0 saturated carbocycles. The summed E-state index contributed by atoms with van der Waals surface area (Å²) in [5.74, 6) is 0.714. The third-order valence-corrected chi connectivity index (χ3v) is 2.00. The number of aryl methyl sites for hydroxylation is 2. The summed E-state index contributed by atoms with van der Waals surface area (Å²) in [6.45, 7) is 2.16. The van der Waals surface area contributed by atoms with Gasteiger partial charge < -0.3 is 0 Å². The van der Waals surface area contributed by atoms with Crippen molar-refractivity contribution in [3.8, 4) is 0 Å². The van der Waals surface area contributed by atoms with Crippen LogP contribution in [-0.2, 0) is 12.8 Å². The van der Waals surface area contributed by atoms with Gasteiger partial charge in [-0.2, -0.15) is 0 Å². The quantitative estimate of drug-likeness (QED) is 0.609. The van der Waals surface area contributed by atoms with Crippen LogP contribution in [0.15, 0.2) is 24.3 Å². The van der Waals surface area contributed by atoms with Crippen LogP contribution in [0.25, 0.3) is 0 Å². The Morgan fingerprint density at radius 1 is 1.09 bits per heavy atom. The van der Waals surface area contributed by atoms with Gasteiger partial charge in [0.05, 0.1) is 0 Å². The second-order valence-electron chi connectivity index (χ2n) is 2.61. The molecule has 0 fully saturated rings. The van der Waals surface area contributed by atoms with Crippen molar-refractivity contribution in [1.29, 1.82) is 0 Å². The molecule has 0 aliphatic carbocycles. The minimum atomic E-state index is 0.714. The molecule has 0 unspecified atom stereocenters. The third-order valence-electron chi connectivity index (χ3n) is 1.81. The zero-order chi connectivity index (χ0) is 8.10. The fourth-order valence-corrected chi connectivity index (χ4v) is 1.27. The number of halogens is 1. The monoisotopic (exact) mass is 168 g/mol. The number of rotatable bonds is 3. The first-order valence-electron chi connectivity index (χ1n) is 4.00. The minimum absolute atomic E-state index is 0.714. The van der Waals surface area contributed by atoms with Crippen molar-refractivity contribution in [2.45, 2.75) is 19.8 Å². The summed E-state index contributed by atoms with van der Waals surface area (Å²) in [6.07, 6.45) is 2.09. The summed E-state index contributed by atoms with van der Waals surface area (Å²) in [5, 5.41) is 0. The fourth-order valence-electron chi connectivity index (χ4n) is 1.05. The molecule has 0 radical (unpaired) electrons. The SMILES string of the molecule is CCc1ccc(CCCl)cc1. The molecule has 0 aromatic heterocycles. The maximum Gasteiger partial charge on any atom is 0.0263 e. The van der Waals surface area contributed by atoms with E-state index in [9.17, 15) is 0 Å². The van der Waals surface area contributed by atoms with E-state index in [1.54, 1.807) is 0 Å². The summed E-state index contributed by atoms with van der Waals surface area (Å²) >= 11 is 5.61. The Morgan fingerprint density at radius 3 is 2.09 bits per heavy atom. The van der Waals surface area contributed by atoms with Gasteiger partial charge in [0.1, 0.15) is 0 Å². The van der Waals surface area contributed by atoms with Crippen molar-refractivity contribution < 1.29 is 0 Å².